The first kappa shape index (κ1) is 21.8. The Labute approximate surface area is 188 Å². The van der Waals surface area contributed by atoms with Crippen molar-refractivity contribution in [1.82, 2.24) is 9.55 Å². The third-order valence-corrected chi connectivity index (χ3v) is 5.44. The van der Waals surface area contributed by atoms with Gasteiger partial charge in [-0.3, -0.25) is 14.2 Å². The molecule has 152 valence electrons. The van der Waals surface area contributed by atoms with Crippen LogP contribution in [0, 0.1) is 0 Å². The summed E-state index contributed by atoms with van der Waals surface area (Å²) in [5.41, 5.74) is 1.77. The monoisotopic (exact) mass is 482 g/mol. The van der Waals surface area contributed by atoms with Crippen molar-refractivity contribution in [3.05, 3.63) is 94.8 Å². The summed E-state index contributed by atoms with van der Waals surface area (Å²) in [5, 5.41) is 1.03. The normalized spacial score (nSPS) is 10.4. The van der Waals surface area contributed by atoms with Gasteiger partial charge < -0.3 is 4.74 Å². The lowest BCUT2D eigenvalue weighted by Crippen LogP contribution is -2.22. The van der Waals surface area contributed by atoms with Gasteiger partial charge in [-0.05, 0) is 48.5 Å². The smallest absolute Gasteiger partial charge is 0.266 e. The minimum absolute atomic E-state index is 0. The maximum absolute atomic E-state index is 13.1. The lowest BCUT2D eigenvalue weighted by molar-refractivity contribution is 0.102. The number of carbonyl (C=O) groups excluding carboxylic acids is 1. The number of para-hydroxylation sites is 2. The summed E-state index contributed by atoms with van der Waals surface area (Å²) < 4.78 is 6.70. The second-order valence-corrected chi connectivity index (χ2v) is 7.27. The highest BCUT2D eigenvalue weighted by molar-refractivity contribution is 8.93. The summed E-state index contributed by atoms with van der Waals surface area (Å²) in [5.74, 6) is 0.826. The first-order chi connectivity index (χ1) is 14.2. The Hall–Kier alpha value is -2.90. The number of ether oxygens (including phenoxy) is 1. The van der Waals surface area contributed by atoms with E-state index in [1.165, 1.54) is 11.8 Å². The van der Waals surface area contributed by atoms with Gasteiger partial charge in [0.25, 0.3) is 5.56 Å². The van der Waals surface area contributed by atoms with Gasteiger partial charge in [-0.1, -0.05) is 42.1 Å². The lowest BCUT2D eigenvalue weighted by Gasteiger charge is -2.13. The third kappa shape index (κ3) is 4.47. The number of Topliss-reactive ketones (excluding diaryl/α,β-unsaturated/α-hetero) is 1. The van der Waals surface area contributed by atoms with E-state index in [0.717, 1.165) is 5.69 Å². The molecule has 4 rings (SSSR count). The van der Waals surface area contributed by atoms with Gasteiger partial charge in [-0.25, -0.2) is 4.98 Å². The van der Waals surface area contributed by atoms with Crippen LogP contribution in [0.1, 0.15) is 10.4 Å². The Morgan fingerprint density at radius 3 is 2.33 bits per heavy atom. The molecule has 0 aliphatic heterocycles. The molecule has 0 atom stereocenters. The quantitative estimate of drug-likeness (QED) is 0.221. The Kier molecular flexibility index (Phi) is 7.07. The lowest BCUT2D eigenvalue weighted by atomic mass is 10.1. The van der Waals surface area contributed by atoms with Crippen LogP contribution in [0.2, 0.25) is 0 Å². The Morgan fingerprint density at radius 2 is 1.63 bits per heavy atom. The van der Waals surface area contributed by atoms with Crippen molar-refractivity contribution in [2.75, 3.05) is 12.9 Å². The molecule has 0 fully saturated rings. The minimum atomic E-state index is -0.152. The summed E-state index contributed by atoms with van der Waals surface area (Å²) in [6, 6.07) is 23.6. The van der Waals surface area contributed by atoms with Crippen molar-refractivity contribution in [3.63, 3.8) is 0 Å². The Balaban J connectivity index is 0.00000256. The number of benzene rings is 3. The number of fused-ring (bicyclic) bond motifs is 1. The summed E-state index contributed by atoms with van der Waals surface area (Å²) in [6.45, 7) is 0. The number of ketones is 1. The van der Waals surface area contributed by atoms with E-state index < -0.39 is 0 Å². The van der Waals surface area contributed by atoms with Crippen molar-refractivity contribution in [2.24, 2.45) is 0 Å². The first-order valence-corrected chi connectivity index (χ1v) is 10.0. The first-order valence-electron chi connectivity index (χ1n) is 9.04. The molecule has 5 nitrogen and oxygen atoms in total. The molecule has 0 aliphatic carbocycles. The van der Waals surface area contributed by atoms with Crippen LogP contribution in [-0.4, -0.2) is 28.2 Å². The molecule has 0 unspecified atom stereocenters. The molecule has 0 saturated heterocycles. The number of carbonyl (C=O) groups is 1. The average molecular weight is 483 g/mol. The molecule has 0 amide bonds. The van der Waals surface area contributed by atoms with E-state index in [1.54, 1.807) is 48.1 Å². The van der Waals surface area contributed by atoms with Crippen molar-refractivity contribution in [1.29, 1.82) is 0 Å². The molecule has 0 spiro atoms. The zero-order chi connectivity index (χ0) is 20.2. The van der Waals surface area contributed by atoms with Crippen LogP contribution in [-0.2, 0) is 0 Å². The van der Waals surface area contributed by atoms with E-state index in [9.17, 15) is 9.59 Å². The van der Waals surface area contributed by atoms with Crippen LogP contribution >= 0.6 is 28.7 Å². The van der Waals surface area contributed by atoms with Gasteiger partial charge in [-0.2, -0.15) is 0 Å². The van der Waals surface area contributed by atoms with Crippen LogP contribution in [0.15, 0.2) is 88.8 Å². The van der Waals surface area contributed by atoms with E-state index in [1.807, 2.05) is 42.5 Å². The van der Waals surface area contributed by atoms with Gasteiger partial charge in [0, 0.05) is 5.56 Å². The molecule has 1 heterocycles. The van der Waals surface area contributed by atoms with Gasteiger partial charge in [0.15, 0.2) is 10.9 Å². The molecule has 0 bridgehead atoms. The van der Waals surface area contributed by atoms with Crippen molar-refractivity contribution >= 4 is 45.4 Å². The van der Waals surface area contributed by atoms with Crippen LogP contribution in [0.4, 0.5) is 0 Å². The molecular formula is C23H19BrN2O3S. The molecule has 0 radical (unpaired) electrons. The van der Waals surface area contributed by atoms with E-state index >= 15 is 0 Å². The maximum Gasteiger partial charge on any atom is 0.266 e. The Bertz CT molecular complexity index is 1220. The SMILES string of the molecule is Br.COc1ccc(C(=O)CSc2nc3ccccc3c(=O)n2-c2ccccc2)cc1. The third-order valence-electron chi connectivity index (χ3n) is 4.50. The molecule has 30 heavy (non-hydrogen) atoms. The van der Waals surface area contributed by atoms with Crippen LogP contribution in [0.25, 0.3) is 16.6 Å². The number of hydrogen-bond donors (Lipinski definition) is 0. The number of hydrogen-bond acceptors (Lipinski definition) is 5. The summed E-state index contributed by atoms with van der Waals surface area (Å²) in [4.78, 5) is 30.4. The van der Waals surface area contributed by atoms with E-state index in [0.29, 0.717) is 27.4 Å². The van der Waals surface area contributed by atoms with Crippen LogP contribution < -0.4 is 10.3 Å². The van der Waals surface area contributed by atoms with Crippen molar-refractivity contribution < 1.29 is 9.53 Å². The number of thioether (sulfide) groups is 1. The Morgan fingerprint density at radius 1 is 0.967 bits per heavy atom. The number of methoxy groups -OCH3 is 1. The minimum Gasteiger partial charge on any atom is -0.497 e. The highest BCUT2D eigenvalue weighted by Crippen LogP contribution is 2.22. The largest absolute Gasteiger partial charge is 0.497 e. The summed E-state index contributed by atoms with van der Waals surface area (Å²) >= 11 is 1.25. The molecule has 0 saturated carbocycles. The van der Waals surface area contributed by atoms with Crippen LogP contribution in [0.5, 0.6) is 5.75 Å². The predicted molar refractivity (Wildman–Crippen MR) is 126 cm³/mol. The molecule has 3 aromatic carbocycles. The molecule has 7 heteroatoms. The fourth-order valence-electron chi connectivity index (χ4n) is 3.00. The van der Waals surface area contributed by atoms with Gasteiger partial charge in [0.2, 0.25) is 0 Å². The number of halogens is 1. The van der Waals surface area contributed by atoms with Crippen molar-refractivity contribution in [3.8, 4) is 11.4 Å². The van der Waals surface area contributed by atoms with E-state index in [4.69, 9.17) is 4.74 Å². The second kappa shape index (κ2) is 9.73. The number of nitrogens with zero attached hydrogens (tertiary/aromatic N) is 2. The maximum atomic E-state index is 13.1. The molecular weight excluding hydrogens is 464 g/mol. The summed E-state index contributed by atoms with van der Waals surface area (Å²) in [6.07, 6.45) is 0. The molecule has 0 aliphatic rings. The van der Waals surface area contributed by atoms with Crippen LogP contribution in [0.3, 0.4) is 0 Å². The zero-order valence-electron chi connectivity index (χ0n) is 16.1. The second-order valence-electron chi connectivity index (χ2n) is 6.33. The highest BCUT2D eigenvalue weighted by atomic mass is 79.9. The van der Waals surface area contributed by atoms with E-state index in [2.05, 4.69) is 4.98 Å². The van der Waals surface area contributed by atoms with Gasteiger partial charge in [0.1, 0.15) is 5.75 Å². The fraction of sp³-hybridized carbons (Fsp3) is 0.0870. The predicted octanol–water partition coefficient (Wildman–Crippen LogP) is 4.95. The topological polar surface area (TPSA) is 61.2 Å². The molecule has 4 aromatic rings. The number of aromatic nitrogens is 2. The average Bonchev–Trinajstić information content (AvgIpc) is 2.78. The van der Waals surface area contributed by atoms with E-state index in [-0.39, 0.29) is 34.1 Å². The van der Waals surface area contributed by atoms with Gasteiger partial charge >= 0.3 is 0 Å². The van der Waals surface area contributed by atoms with Gasteiger partial charge in [-0.15, -0.1) is 17.0 Å². The molecule has 0 N–H and O–H groups in total. The highest BCUT2D eigenvalue weighted by Gasteiger charge is 2.15. The number of rotatable bonds is 6. The molecule has 1 aromatic heterocycles. The fourth-order valence-corrected chi connectivity index (χ4v) is 3.91. The summed E-state index contributed by atoms with van der Waals surface area (Å²) in [7, 11) is 1.58. The zero-order valence-corrected chi connectivity index (χ0v) is 18.7. The standard InChI is InChI=1S/C23H18N2O3S.BrH/c1-28-18-13-11-16(12-14-18)21(26)15-29-23-24-20-10-6-5-9-19(20)22(27)25(23)17-7-3-2-4-8-17;/h2-14H,15H2,1H3;1H. The van der Waals surface area contributed by atoms with Gasteiger partial charge in [0.05, 0.1) is 29.5 Å². The van der Waals surface area contributed by atoms with Crippen molar-refractivity contribution in [2.45, 2.75) is 5.16 Å².